The van der Waals surface area contributed by atoms with Crippen LogP contribution in [0.2, 0.25) is 0 Å². The lowest BCUT2D eigenvalue weighted by Gasteiger charge is -2.03. The van der Waals surface area contributed by atoms with Crippen LogP contribution in [0.1, 0.15) is 5.56 Å². The Kier molecular flexibility index (Phi) is 2.16. The van der Waals surface area contributed by atoms with Gasteiger partial charge in [-0.25, -0.2) is 4.98 Å². The van der Waals surface area contributed by atoms with E-state index in [-0.39, 0.29) is 0 Å². The molecule has 1 aromatic carbocycles. The van der Waals surface area contributed by atoms with Gasteiger partial charge in [-0.2, -0.15) is 5.10 Å². The molecule has 0 aliphatic rings. The number of hydrogen-bond donors (Lipinski definition) is 1. The Bertz CT molecular complexity index is 735. The Hall–Kier alpha value is -2.30. The summed E-state index contributed by atoms with van der Waals surface area (Å²) in [6.45, 7) is 2.08. The molecule has 0 saturated carbocycles. The topological polar surface area (TPSA) is 61.7 Å². The highest BCUT2D eigenvalue weighted by Gasteiger charge is 2.15. The van der Waals surface area contributed by atoms with Crippen molar-refractivity contribution >= 4 is 16.9 Å². The third-order valence-corrected chi connectivity index (χ3v) is 3.32. The molecular formula is C13H15N5. The third kappa shape index (κ3) is 1.33. The van der Waals surface area contributed by atoms with Gasteiger partial charge in [-0.05, 0) is 18.6 Å². The number of hydrogen-bond acceptors (Lipinski definition) is 3. The molecule has 0 radical (unpaired) electrons. The number of nitrogen functional groups attached to an aromatic ring is 1. The first-order valence-corrected chi connectivity index (χ1v) is 5.79. The first-order chi connectivity index (χ1) is 8.59. The van der Waals surface area contributed by atoms with E-state index < -0.39 is 0 Å². The molecule has 0 unspecified atom stereocenters. The lowest BCUT2D eigenvalue weighted by atomic mass is 10.2. The van der Waals surface area contributed by atoms with Gasteiger partial charge in [-0.3, -0.25) is 4.68 Å². The van der Waals surface area contributed by atoms with Gasteiger partial charge in [0.25, 0.3) is 0 Å². The molecule has 5 heteroatoms. The Morgan fingerprint density at radius 1 is 1.22 bits per heavy atom. The molecule has 0 fully saturated rings. The maximum Gasteiger partial charge on any atom is 0.146 e. The summed E-state index contributed by atoms with van der Waals surface area (Å²) in [5.41, 5.74) is 10.2. The monoisotopic (exact) mass is 241 g/mol. The molecule has 0 saturated heterocycles. The van der Waals surface area contributed by atoms with E-state index in [2.05, 4.69) is 27.6 Å². The van der Waals surface area contributed by atoms with Crippen LogP contribution in [0.15, 0.2) is 24.4 Å². The summed E-state index contributed by atoms with van der Waals surface area (Å²) in [6, 6.07) is 6.11. The summed E-state index contributed by atoms with van der Waals surface area (Å²) >= 11 is 0. The van der Waals surface area contributed by atoms with Crippen LogP contribution in [0.3, 0.4) is 0 Å². The fourth-order valence-electron chi connectivity index (χ4n) is 2.33. The van der Waals surface area contributed by atoms with E-state index in [4.69, 9.17) is 5.73 Å². The SMILES string of the molecule is Cc1cccc2nc(-c3cnn(C)c3N)n(C)c12. The number of benzene rings is 1. The second-order valence-corrected chi connectivity index (χ2v) is 4.50. The van der Waals surface area contributed by atoms with Crippen molar-refractivity contribution in [2.24, 2.45) is 14.1 Å². The summed E-state index contributed by atoms with van der Waals surface area (Å²) in [4.78, 5) is 4.65. The zero-order chi connectivity index (χ0) is 12.9. The number of rotatable bonds is 1. The fourth-order valence-corrected chi connectivity index (χ4v) is 2.33. The zero-order valence-electron chi connectivity index (χ0n) is 10.7. The Labute approximate surface area is 105 Å². The van der Waals surface area contributed by atoms with Crippen LogP contribution in [-0.2, 0) is 14.1 Å². The van der Waals surface area contributed by atoms with Crippen molar-refractivity contribution in [2.75, 3.05) is 5.73 Å². The summed E-state index contributed by atoms with van der Waals surface area (Å²) in [7, 11) is 3.83. The van der Waals surface area contributed by atoms with Gasteiger partial charge in [0.05, 0.1) is 22.8 Å². The molecule has 92 valence electrons. The minimum Gasteiger partial charge on any atom is -0.383 e. The number of imidazole rings is 1. The van der Waals surface area contributed by atoms with Crippen LogP contribution >= 0.6 is 0 Å². The second kappa shape index (κ2) is 3.60. The molecule has 0 spiro atoms. The lowest BCUT2D eigenvalue weighted by Crippen LogP contribution is -2.00. The van der Waals surface area contributed by atoms with Gasteiger partial charge >= 0.3 is 0 Å². The van der Waals surface area contributed by atoms with Crippen LogP contribution < -0.4 is 5.73 Å². The Morgan fingerprint density at radius 2 is 2.00 bits per heavy atom. The van der Waals surface area contributed by atoms with Crippen LogP contribution in [0.5, 0.6) is 0 Å². The van der Waals surface area contributed by atoms with Gasteiger partial charge in [0.1, 0.15) is 11.6 Å². The zero-order valence-corrected chi connectivity index (χ0v) is 10.7. The first kappa shape index (κ1) is 10.8. The number of para-hydroxylation sites is 1. The van der Waals surface area contributed by atoms with Gasteiger partial charge in [-0.1, -0.05) is 12.1 Å². The average molecular weight is 241 g/mol. The molecule has 2 heterocycles. The molecule has 3 aromatic rings. The van der Waals surface area contributed by atoms with E-state index in [9.17, 15) is 0 Å². The molecule has 0 atom stereocenters. The van der Waals surface area contributed by atoms with E-state index in [0.717, 1.165) is 22.4 Å². The number of aryl methyl sites for hydroxylation is 3. The Balaban J connectivity index is 2.34. The molecular weight excluding hydrogens is 226 g/mol. The van der Waals surface area contributed by atoms with E-state index in [0.29, 0.717) is 5.82 Å². The smallest absolute Gasteiger partial charge is 0.146 e. The minimum atomic E-state index is 0.631. The molecule has 2 aromatic heterocycles. The first-order valence-electron chi connectivity index (χ1n) is 5.79. The lowest BCUT2D eigenvalue weighted by molar-refractivity contribution is 0.779. The maximum absolute atomic E-state index is 6.01. The third-order valence-electron chi connectivity index (χ3n) is 3.32. The van der Waals surface area contributed by atoms with E-state index >= 15 is 0 Å². The van der Waals surface area contributed by atoms with Crippen LogP contribution in [0.4, 0.5) is 5.82 Å². The highest BCUT2D eigenvalue weighted by atomic mass is 15.3. The normalized spacial score (nSPS) is 11.3. The highest BCUT2D eigenvalue weighted by molar-refractivity contribution is 5.84. The number of fused-ring (bicyclic) bond motifs is 1. The van der Waals surface area contributed by atoms with Gasteiger partial charge in [0, 0.05) is 14.1 Å². The van der Waals surface area contributed by atoms with Gasteiger partial charge in [-0.15, -0.1) is 0 Å². The number of anilines is 1. The van der Waals surface area contributed by atoms with E-state index in [1.165, 1.54) is 5.56 Å². The van der Waals surface area contributed by atoms with Gasteiger partial charge in [0.15, 0.2) is 0 Å². The molecule has 0 bridgehead atoms. The number of nitrogens with two attached hydrogens (primary N) is 1. The molecule has 18 heavy (non-hydrogen) atoms. The predicted molar refractivity (Wildman–Crippen MR) is 72.1 cm³/mol. The standard InChI is InChI=1S/C13H15N5/c1-8-5-4-6-10-11(8)17(2)13(16-10)9-7-15-18(3)12(9)14/h4-7H,14H2,1-3H3. The van der Waals surface area contributed by atoms with E-state index in [1.807, 2.05) is 26.2 Å². The highest BCUT2D eigenvalue weighted by Crippen LogP contribution is 2.28. The van der Waals surface area contributed by atoms with Crippen molar-refractivity contribution in [3.63, 3.8) is 0 Å². The van der Waals surface area contributed by atoms with E-state index in [1.54, 1.807) is 10.9 Å². The van der Waals surface area contributed by atoms with Gasteiger partial charge in [0.2, 0.25) is 0 Å². The van der Waals surface area contributed by atoms with Crippen molar-refractivity contribution in [1.82, 2.24) is 19.3 Å². The van der Waals surface area contributed by atoms with Crippen LogP contribution in [0, 0.1) is 6.92 Å². The quantitative estimate of drug-likeness (QED) is 0.707. The van der Waals surface area contributed by atoms with Crippen molar-refractivity contribution < 1.29 is 0 Å². The summed E-state index contributed by atoms with van der Waals surface area (Å²) in [5, 5.41) is 4.16. The minimum absolute atomic E-state index is 0.631. The number of aromatic nitrogens is 4. The molecule has 5 nitrogen and oxygen atoms in total. The fraction of sp³-hybridized carbons (Fsp3) is 0.231. The van der Waals surface area contributed by atoms with Crippen molar-refractivity contribution in [2.45, 2.75) is 6.92 Å². The molecule has 3 rings (SSSR count). The maximum atomic E-state index is 6.01. The summed E-state index contributed by atoms with van der Waals surface area (Å²) in [6.07, 6.45) is 1.76. The van der Waals surface area contributed by atoms with Crippen molar-refractivity contribution in [1.29, 1.82) is 0 Å². The summed E-state index contributed by atoms with van der Waals surface area (Å²) in [5.74, 6) is 1.48. The van der Waals surface area contributed by atoms with Crippen LogP contribution in [-0.4, -0.2) is 19.3 Å². The largest absolute Gasteiger partial charge is 0.383 e. The van der Waals surface area contributed by atoms with Crippen molar-refractivity contribution in [3.8, 4) is 11.4 Å². The molecule has 0 amide bonds. The van der Waals surface area contributed by atoms with Crippen molar-refractivity contribution in [3.05, 3.63) is 30.0 Å². The Morgan fingerprint density at radius 3 is 2.61 bits per heavy atom. The van der Waals surface area contributed by atoms with Crippen LogP contribution in [0.25, 0.3) is 22.4 Å². The molecule has 2 N–H and O–H groups in total. The predicted octanol–water partition coefficient (Wildman–Crippen LogP) is 1.86. The summed E-state index contributed by atoms with van der Waals surface area (Å²) < 4.78 is 3.72. The molecule has 0 aliphatic carbocycles. The second-order valence-electron chi connectivity index (χ2n) is 4.50. The average Bonchev–Trinajstić information content (AvgIpc) is 2.83. The molecule has 0 aliphatic heterocycles. The number of nitrogens with zero attached hydrogens (tertiary/aromatic N) is 4. The van der Waals surface area contributed by atoms with Gasteiger partial charge < -0.3 is 10.3 Å².